The highest BCUT2D eigenvalue weighted by atomic mass is 19.1. The van der Waals surface area contributed by atoms with E-state index in [1.165, 1.54) is 18.2 Å². The highest BCUT2D eigenvalue weighted by molar-refractivity contribution is 5.19. The molecule has 0 amide bonds. The molecule has 18 heavy (non-hydrogen) atoms. The first kappa shape index (κ1) is 13.4. The van der Waals surface area contributed by atoms with Crippen molar-refractivity contribution in [1.82, 2.24) is 5.32 Å². The molecule has 1 aromatic rings. The molecule has 0 bridgehead atoms. The normalized spacial score (nSPS) is 23.0. The highest BCUT2D eigenvalue weighted by Crippen LogP contribution is 2.24. The van der Waals surface area contributed by atoms with Gasteiger partial charge in [0, 0.05) is 24.8 Å². The van der Waals surface area contributed by atoms with Gasteiger partial charge in [-0.15, -0.1) is 0 Å². The molecular weight excluding hydrogens is 236 g/mol. The van der Waals surface area contributed by atoms with E-state index in [1.54, 1.807) is 0 Å². The Morgan fingerprint density at radius 1 is 1.33 bits per heavy atom. The van der Waals surface area contributed by atoms with E-state index in [2.05, 4.69) is 5.32 Å². The van der Waals surface area contributed by atoms with Crippen LogP contribution in [0.15, 0.2) is 18.2 Å². The Morgan fingerprint density at radius 2 is 2.00 bits per heavy atom. The molecule has 4 heteroatoms. The predicted octanol–water partition coefficient (Wildman–Crippen LogP) is 3.01. The van der Waals surface area contributed by atoms with Gasteiger partial charge in [0.25, 0.3) is 0 Å². The molecule has 0 aromatic heterocycles. The van der Waals surface area contributed by atoms with E-state index in [4.69, 9.17) is 4.74 Å². The number of halogens is 2. The molecule has 1 aromatic carbocycles. The molecule has 1 N–H and O–H groups in total. The Morgan fingerprint density at radius 3 is 2.61 bits per heavy atom. The maximum absolute atomic E-state index is 13.5. The smallest absolute Gasteiger partial charge is 0.130 e. The molecule has 0 radical (unpaired) electrons. The van der Waals surface area contributed by atoms with Crippen LogP contribution in [0.4, 0.5) is 8.78 Å². The summed E-state index contributed by atoms with van der Waals surface area (Å²) in [6.45, 7) is 4.97. The summed E-state index contributed by atoms with van der Waals surface area (Å²) in [7, 11) is 0. The summed E-state index contributed by atoms with van der Waals surface area (Å²) in [5.41, 5.74) is -0.0502. The maximum atomic E-state index is 13.5. The van der Waals surface area contributed by atoms with Gasteiger partial charge in [0.2, 0.25) is 0 Å². The zero-order valence-electron chi connectivity index (χ0n) is 10.8. The van der Waals surface area contributed by atoms with Crippen molar-refractivity contribution < 1.29 is 13.5 Å². The number of hydrogen-bond acceptors (Lipinski definition) is 2. The van der Waals surface area contributed by atoms with E-state index >= 15 is 0 Å². The third-order valence-corrected chi connectivity index (χ3v) is 3.33. The van der Waals surface area contributed by atoms with Crippen LogP contribution in [0.25, 0.3) is 0 Å². The summed E-state index contributed by atoms with van der Waals surface area (Å²) in [5, 5.41) is 3.22. The highest BCUT2D eigenvalue weighted by Gasteiger charge is 2.28. The lowest BCUT2D eigenvalue weighted by Crippen LogP contribution is -2.43. The fraction of sp³-hybridized carbons (Fsp3) is 0.571. The van der Waals surface area contributed by atoms with Crippen molar-refractivity contribution in [2.75, 3.05) is 6.61 Å². The van der Waals surface area contributed by atoms with E-state index < -0.39 is 11.6 Å². The molecule has 0 aliphatic carbocycles. The minimum atomic E-state index is -0.492. The first-order valence-corrected chi connectivity index (χ1v) is 6.28. The van der Waals surface area contributed by atoms with Gasteiger partial charge in [0.1, 0.15) is 11.6 Å². The van der Waals surface area contributed by atoms with Crippen molar-refractivity contribution in [2.45, 2.75) is 44.9 Å². The molecule has 1 saturated heterocycles. The Kier molecular flexibility index (Phi) is 3.97. The summed E-state index contributed by atoms with van der Waals surface area (Å²) in [6.07, 6.45) is 1.72. The van der Waals surface area contributed by atoms with Gasteiger partial charge in [0.05, 0.1) is 5.60 Å². The molecule has 1 heterocycles. The van der Waals surface area contributed by atoms with Gasteiger partial charge in [-0.1, -0.05) is 6.07 Å². The van der Waals surface area contributed by atoms with Crippen molar-refractivity contribution in [1.29, 1.82) is 0 Å². The van der Waals surface area contributed by atoms with Crippen LogP contribution in [0.2, 0.25) is 0 Å². The first-order chi connectivity index (χ1) is 8.48. The molecule has 1 atom stereocenters. The molecule has 1 unspecified atom stereocenters. The fourth-order valence-corrected chi connectivity index (χ4v) is 2.35. The Bertz CT molecular complexity index is 400. The van der Waals surface area contributed by atoms with Gasteiger partial charge in [-0.3, -0.25) is 0 Å². The Balaban J connectivity index is 1.95. The molecule has 2 nitrogen and oxygen atoms in total. The van der Waals surface area contributed by atoms with Gasteiger partial charge in [0.15, 0.2) is 0 Å². The van der Waals surface area contributed by atoms with Crippen molar-refractivity contribution in [3.63, 3.8) is 0 Å². The van der Waals surface area contributed by atoms with E-state index in [0.717, 1.165) is 12.8 Å². The lowest BCUT2D eigenvalue weighted by atomic mass is 9.94. The number of ether oxygens (including phenoxy) is 1. The van der Waals surface area contributed by atoms with Gasteiger partial charge in [-0.05, 0) is 38.8 Å². The van der Waals surface area contributed by atoms with Gasteiger partial charge >= 0.3 is 0 Å². The Labute approximate surface area is 106 Å². The third kappa shape index (κ3) is 3.27. The summed E-state index contributed by atoms with van der Waals surface area (Å²) in [4.78, 5) is 0. The second kappa shape index (κ2) is 5.33. The van der Waals surface area contributed by atoms with Crippen LogP contribution in [0.5, 0.6) is 0 Å². The molecule has 2 rings (SSSR count). The quantitative estimate of drug-likeness (QED) is 0.896. The van der Waals surface area contributed by atoms with Crippen LogP contribution < -0.4 is 5.32 Å². The van der Waals surface area contributed by atoms with Crippen molar-refractivity contribution in [2.24, 2.45) is 0 Å². The molecule has 1 aliphatic rings. The molecule has 1 fully saturated rings. The van der Waals surface area contributed by atoms with E-state index in [1.807, 2.05) is 13.8 Å². The predicted molar refractivity (Wildman–Crippen MR) is 66.3 cm³/mol. The second-order valence-corrected chi connectivity index (χ2v) is 5.38. The second-order valence-electron chi connectivity index (χ2n) is 5.38. The molecular formula is C14H19F2NO. The monoisotopic (exact) mass is 255 g/mol. The zero-order valence-corrected chi connectivity index (χ0v) is 10.8. The van der Waals surface area contributed by atoms with Gasteiger partial charge < -0.3 is 10.1 Å². The number of nitrogens with one attached hydrogen (secondary N) is 1. The van der Waals surface area contributed by atoms with Crippen molar-refractivity contribution >= 4 is 0 Å². The topological polar surface area (TPSA) is 21.3 Å². The van der Waals surface area contributed by atoms with Crippen molar-refractivity contribution in [3.05, 3.63) is 35.4 Å². The van der Waals surface area contributed by atoms with Crippen molar-refractivity contribution in [3.8, 4) is 0 Å². The number of benzene rings is 1. The largest absolute Gasteiger partial charge is 0.375 e. The summed E-state index contributed by atoms with van der Waals surface area (Å²) in [5.74, 6) is -0.984. The lowest BCUT2D eigenvalue weighted by molar-refractivity contribution is -0.0631. The minimum Gasteiger partial charge on any atom is -0.375 e. The fourth-order valence-electron chi connectivity index (χ4n) is 2.35. The standard InChI is InChI=1S/C14H19F2NO/c1-14(2)8-10(6-7-18-14)17-9-11-12(15)4-3-5-13(11)16/h3-5,10,17H,6-9H2,1-2H3. The lowest BCUT2D eigenvalue weighted by Gasteiger charge is -2.36. The maximum Gasteiger partial charge on any atom is 0.130 e. The number of hydrogen-bond donors (Lipinski definition) is 1. The first-order valence-electron chi connectivity index (χ1n) is 6.28. The van der Waals surface area contributed by atoms with E-state index in [-0.39, 0.29) is 23.8 Å². The average molecular weight is 255 g/mol. The summed E-state index contributed by atoms with van der Waals surface area (Å²) in [6, 6.07) is 4.20. The third-order valence-electron chi connectivity index (χ3n) is 3.33. The SMILES string of the molecule is CC1(C)CC(NCc2c(F)cccc2F)CCO1. The summed E-state index contributed by atoms with van der Waals surface area (Å²) < 4.78 is 32.5. The van der Waals surface area contributed by atoms with Gasteiger partial charge in [-0.25, -0.2) is 8.78 Å². The molecule has 0 spiro atoms. The molecule has 1 aliphatic heterocycles. The number of rotatable bonds is 3. The van der Waals surface area contributed by atoms with Crippen LogP contribution in [-0.2, 0) is 11.3 Å². The molecule has 0 saturated carbocycles. The average Bonchev–Trinajstić information content (AvgIpc) is 2.27. The van der Waals surface area contributed by atoms with Crippen LogP contribution in [0.3, 0.4) is 0 Å². The van der Waals surface area contributed by atoms with E-state index in [9.17, 15) is 8.78 Å². The van der Waals surface area contributed by atoms with Crippen LogP contribution >= 0.6 is 0 Å². The zero-order chi connectivity index (χ0) is 13.2. The van der Waals surface area contributed by atoms with Crippen LogP contribution in [-0.4, -0.2) is 18.2 Å². The molecule has 100 valence electrons. The summed E-state index contributed by atoms with van der Waals surface area (Å²) >= 11 is 0. The minimum absolute atomic E-state index is 0.113. The van der Waals surface area contributed by atoms with Gasteiger partial charge in [-0.2, -0.15) is 0 Å². The Hall–Kier alpha value is -1.00. The van der Waals surface area contributed by atoms with Crippen LogP contribution in [0.1, 0.15) is 32.3 Å². The van der Waals surface area contributed by atoms with E-state index in [0.29, 0.717) is 6.61 Å². The van der Waals surface area contributed by atoms with Crippen LogP contribution in [0, 0.1) is 11.6 Å².